The van der Waals surface area contributed by atoms with E-state index >= 15 is 0 Å². The zero-order valence-corrected chi connectivity index (χ0v) is 12.8. The predicted octanol–water partition coefficient (Wildman–Crippen LogP) is 1.09. The Bertz CT molecular complexity index is 492. The van der Waals surface area contributed by atoms with E-state index in [4.69, 9.17) is 5.73 Å². The molecule has 0 aromatic heterocycles. The summed E-state index contributed by atoms with van der Waals surface area (Å²) in [6.07, 6.45) is 0. The average Bonchev–Trinajstić information content (AvgIpc) is 2.37. The molecule has 0 bridgehead atoms. The van der Waals surface area contributed by atoms with Gasteiger partial charge in [0.1, 0.15) is 0 Å². The number of carbonyl (C=O) groups is 2. The van der Waals surface area contributed by atoms with Crippen molar-refractivity contribution in [3.8, 4) is 0 Å². The average molecular weight is 277 g/mol. The van der Waals surface area contributed by atoms with Crippen LogP contribution in [0.4, 0.5) is 5.69 Å². The van der Waals surface area contributed by atoms with Gasteiger partial charge in [0.15, 0.2) is 0 Å². The van der Waals surface area contributed by atoms with Crippen LogP contribution in [0.5, 0.6) is 0 Å². The van der Waals surface area contributed by atoms with Gasteiger partial charge in [-0.1, -0.05) is 12.1 Å². The van der Waals surface area contributed by atoms with Crippen LogP contribution in [-0.2, 0) is 15.0 Å². The molecule has 1 rings (SSSR count). The summed E-state index contributed by atoms with van der Waals surface area (Å²) in [6, 6.07) is 7.23. The van der Waals surface area contributed by atoms with Gasteiger partial charge in [0.2, 0.25) is 11.8 Å². The number of hydrogen-bond acceptors (Lipinski definition) is 3. The molecular weight excluding hydrogens is 254 g/mol. The Morgan fingerprint density at radius 3 is 2.05 bits per heavy atom. The van der Waals surface area contributed by atoms with Crippen molar-refractivity contribution in [2.75, 3.05) is 33.4 Å². The number of anilines is 1. The summed E-state index contributed by atoms with van der Waals surface area (Å²) in [6.45, 7) is 3.76. The van der Waals surface area contributed by atoms with Gasteiger partial charge in [-0.2, -0.15) is 0 Å². The van der Waals surface area contributed by atoms with Crippen LogP contribution >= 0.6 is 0 Å². The number of nitrogen functional groups attached to an aromatic ring is 1. The van der Waals surface area contributed by atoms with E-state index in [9.17, 15) is 9.59 Å². The molecule has 5 nitrogen and oxygen atoms in total. The number of amides is 2. The summed E-state index contributed by atoms with van der Waals surface area (Å²) in [5, 5.41) is 0. The fourth-order valence-corrected chi connectivity index (χ4v) is 1.92. The van der Waals surface area contributed by atoms with Crippen LogP contribution in [-0.4, -0.2) is 49.3 Å². The van der Waals surface area contributed by atoms with Gasteiger partial charge >= 0.3 is 0 Å². The summed E-state index contributed by atoms with van der Waals surface area (Å²) in [5.41, 5.74) is 6.50. The minimum absolute atomic E-state index is 0.0736. The third kappa shape index (κ3) is 3.50. The molecule has 0 fully saturated rings. The molecule has 2 amide bonds. The molecule has 20 heavy (non-hydrogen) atoms. The zero-order chi connectivity index (χ0) is 15.5. The number of likely N-dealkylation sites (N-methyl/N-ethyl adjacent to an activating group) is 2. The van der Waals surface area contributed by atoms with E-state index in [1.54, 1.807) is 33.3 Å². The first-order chi connectivity index (χ1) is 9.16. The topological polar surface area (TPSA) is 66.6 Å². The van der Waals surface area contributed by atoms with E-state index in [0.29, 0.717) is 5.69 Å². The molecule has 0 heterocycles. The number of carbonyl (C=O) groups excluding carboxylic acids is 2. The molecule has 0 spiro atoms. The largest absolute Gasteiger partial charge is 0.399 e. The molecule has 1 aromatic carbocycles. The minimum atomic E-state index is -0.699. The third-order valence-corrected chi connectivity index (χ3v) is 3.38. The van der Waals surface area contributed by atoms with Crippen molar-refractivity contribution >= 4 is 17.5 Å². The van der Waals surface area contributed by atoms with Crippen LogP contribution in [0.2, 0.25) is 0 Å². The van der Waals surface area contributed by atoms with E-state index in [1.165, 1.54) is 9.80 Å². The second-order valence-corrected chi connectivity index (χ2v) is 5.70. The summed E-state index contributed by atoms with van der Waals surface area (Å²) in [7, 11) is 4.99. The van der Waals surface area contributed by atoms with Gasteiger partial charge in [-0.25, -0.2) is 0 Å². The summed E-state index contributed by atoms with van der Waals surface area (Å²) in [4.78, 5) is 27.1. The van der Waals surface area contributed by atoms with Crippen LogP contribution < -0.4 is 5.73 Å². The number of hydrogen-bond donors (Lipinski definition) is 1. The van der Waals surface area contributed by atoms with Crippen molar-refractivity contribution in [2.24, 2.45) is 0 Å². The Kier molecular flexibility index (Phi) is 4.76. The fraction of sp³-hybridized carbons (Fsp3) is 0.467. The third-order valence-electron chi connectivity index (χ3n) is 3.38. The monoisotopic (exact) mass is 277 g/mol. The van der Waals surface area contributed by atoms with E-state index in [0.717, 1.165) is 5.56 Å². The van der Waals surface area contributed by atoms with Crippen LogP contribution in [0.25, 0.3) is 0 Å². The molecule has 0 aliphatic carbocycles. The molecular formula is C15H23N3O2. The SMILES string of the molecule is CN(C)C(=O)CN(C)C(=O)C(C)(C)c1ccc(N)cc1. The van der Waals surface area contributed by atoms with Crippen molar-refractivity contribution in [2.45, 2.75) is 19.3 Å². The summed E-state index contributed by atoms with van der Waals surface area (Å²) >= 11 is 0. The Hall–Kier alpha value is -2.04. The smallest absolute Gasteiger partial charge is 0.241 e. The second-order valence-electron chi connectivity index (χ2n) is 5.70. The van der Waals surface area contributed by atoms with Crippen molar-refractivity contribution in [1.82, 2.24) is 9.80 Å². The van der Waals surface area contributed by atoms with Gasteiger partial charge in [0, 0.05) is 26.8 Å². The molecule has 0 unspecified atom stereocenters. The first-order valence-electron chi connectivity index (χ1n) is 6.48. The molecule has 110 valence electrons. The van der Waals surface area contributed by atoms with E-state index in [2.05, 4.69) is 0 Å². The zero-order valence-electron chi connectivity index (χ0n) is 12.8. The standard InChI is InChI=1S/C15H23N3O2/c1-15(2,11-6-8-12(16)9-7-11)14(20)18(5)10-13(19)17(3)4/h6-9H,10,16H2,1-5H3. The highest BCUT2D eigenvalue weighted by atomic mass is 16.2. The first-order valence-corrected chi connectivity index (χ1v) is 6.48. The van der Waals surface area contributed by atoms with Gasteiger partial charge in [0.25, 0.3) is 0 Å². The lowest BCUT2D eigenvalue weighted by atomic mass is 9.83. The van der Waals surface area contributed by atoms with Crippen molar-refractivity contribution in [3.05, 3.63) is 29.8 Å². The maximum Gasteiger partial charge on any atom is 0.241 e. The summed E-state index contributed by atoms with van der Waals surface area (Å²) < 4.78 is 0. The van der Waals surface area contributed by atoms with E-state index in [-0.39, 0.29) is 18.4 Å². The van der Waals surface area contributed by atoms with Gasteiger partial charge in [0.05, 0.1) is 12.0 Å². The number of nitrogens with two attached hydrogens (primary N) is 1. The Morgan fingerprint density at radius 2 is 1.60 bits per heavy atom. The maximum atomic E-state index is 12.5. The van der Waals surface area contributed by atoms with Crippen molar-refractivity contribution in [1.29, 1.82) is 0 Å². The quantitative estimate of drug-likeness (QED) is 0.838. The van der Waals surface area contributed by atoms with Crippen LogP contribution in [0.15, 0.2) is 24.3 Å². The first kappa shape index (κ1) is 16.0. The molecule has 0 aliphatic heterocycles. The Labute approximate surface area is 120 Å². The van der Waals surface area contributed by atoms with Crippen molar-refractivity contribution < 1.29 is 9.59 Å². The van der Waals surface area contributed by atoms with Gasteiger partial charge in [-0.05, 0) is 31.5 Å². The Morgan fingerprint density at radius 1 is 1.10 bits per heavy atom. The summed E-state index contributed by atoms with van der Waals surface area (Å²) in [5.74, 6) is -0.202. The lowest BCUT2D eigenvalue weighted by Gasteiger charge is -2.30. The van der Waals surface area contributed by atoms with E-state index < -0.39 is 5.41 Å². The van der Waals surface area contributed by atoms with Gasteiger partial charge in [-0.3, -0.25) is 9.59 Å². The number of rotatable bonds is 4. The lowest BCUT2D eigenvalue weighted by molar-refractivity contribution is -0.141. The maximum absolute atomic E-state index is 12.5. The molecule has 5 heteroatoms. The lowest BCUT2D eigenvalue weighted by Crippen LogP contribution is -2.45. The van der Waals surface area contributed by atoms with Crippen LogP contribution in [0.1, 0.15) is 19.4 Å². The van der Waals surface area contributed by atoms with Crippen LogP contribution in [0.3, 0.4) is 0 Å². The molecule has 0 saturated carbocycles. The van der Waals surface area contributed by atoms with E-state index in [1.807, 2.05) is 26.0 Å². The second kappa shape index (κ2) is 5.94. The number of nitrogens with zero attached hydrogens (tertiary/aromatic N) is 2. The normalized spacial score (nSPS) is 11.1. The van der Waals surface area contributed by atoms with Crippen LogP contribution in [0, 0.1) is 0 Å². The minimum Gasteiger partial charge on any atom is -0.399 e. The predicted molar refractivity (Wildman–Crippen MR) is 80.2 cm³/mol. The molecule has 0 atom stereocenters. The highest BCUT2D eigenvalue weighted by Crippen LogP contribution is 2.26. The molecule has 0 aliphatic rings. The molecule has 2 N–H and O–H groups in total. The number of benzene rings is 1. The fourth-order valence-electron chi connectivity index (χ4n) is 1.92. The molecule has 0 saturated heterocycles. The van der Waals surface area contributed by atoms with Crippen molar-refractivity contribution in [3.63, 3.8) is 0 Å². The highest BCUT2D eigenvalue weighted by Gasteiger charge is 2.33. The molecule has 0 radical (unpaired) electrons. The Balaban J connectivity index is 2.88. The van der Waals surface area contributed by atoms with Gasteiger partial charge in [-0.15, -0.1) is 0 Å². The molecule has 1 aromatic rings. The van der Waals surface area contributed by atoms with Gasteiger partial charge < -0.3 is 15.5 Å². The highest BCUT2D eigenvalue weighted by molar-refractivity contribution is 5.90.